The molecular formula is C26H32F2N4O12S. The van der Waals surface area contributed by atoms with E-state index in [2.05, 4.69) is 10.3 Å². The molecular weight excluding hydrogens is 630 g/mol. The zero-order chi connectivity index (χ0) is 33.9. The van der Waals surface area contributed by atoms with Gasteiger partial charge in [0, 0.05) is 12.3 Å². The summed E-state index contributed by atoms with van der Waals surface area (Å²) in [7, 11) is 0. The maximum atomic E-state index is 15.7. The fourth-order valence-corrected chi connectivity index (χ4v) is 4.53. The molecule has 1 amide bonds. The molecule has 0 bridgehead atoms. The summed E-state index contributed by atoms with van der Waals surface area (Å²) in [5.74, 6) is -4.46. The molecule has 1 aliphatic heterocycles. The molecule has 1 N–H and O–H groups in total. The van der Waals surface area contributed by atoms with E-state index in [1.165, 1.54) is 39.8 Å². The number of amides is 1. The Kier molecular flexibility index (Phi) is 10.4. The van der Waals surface area contributed by atoms with E-state index in [1.807, 2.05) is 0 Å². The molecule has 1 aliphatic rings. The summed E-state index contributed by atoms with van der Waals surface area (Å²) in [6.07, 6.45) is -10.4. The molecule has 0 radical (unpaired) electrons. The Balaban J connectivity index is 1.77. The van der Waals surface area contributed by atoms with Gasteiger partial charge in [0.1, 0.15) is 35.8 Å². The minimum atomic E-state index is -4.09. The monoisotopic (exact) mass is 662 g/mol. The van der Waals surface area contributed by atoms with Gasteiger partial charge in [0.15, 0.2) is 0 Å². The zero-order valence-corrected chi connectivity index (χ0v) is 26.0. The predicted octanol–water partition coefficient (Wildman–Crippen LogP) is 5.33. The van der Waals surface area contributed by atoms with Crippen LogP contribution in [0.5, 0.6) is 0 Å². The third kappa shape index (κ3) is 9.55. The molecule has 1 saturated heterocycles. The van der Waals surface area contributed by atoms with E-state index in [-0.39, 0.29) is 10.8 Å². The van der Waals surface area contributed by atoms with Gasteiger partial charge >= 0.3 is 35.0 Å². The number of aromatic nitrogens is 2. The van der Waals surface area contributed by atoms with Crippen LogP contribution in [0.1, 0.15) is 65.7 Å². The van der Waals surface area contributed by atoms with E-state index in [0.717, 1.165) is 23.6 Å². The van der Waals surface area contributed by atoms with Gasteiger partial charge in [0.05, 0.1) is 9.80 Å². The average Bonchev–Trinajstić information content (AvgIpc) is 3.45. The fourth-order valence-electron chi connectivity index (χ4n) is 3.73. The van der Waals surface area contributed by atoms with Gasteiger partial charge in [0.2, 0.25) is 12.3 Å². The maximum Gasteiger partial charge on any atom is 0.509 e. The number of halogens is 2. The minimum Gasteiger partial charge on any atom is -0.441 e. The predicted molar refractivity (Wildman–Crippen MR) is 150 cm³/mol. The van der Waals surface area contributed by atoms with Crippen molar-refractivity contribution in [3.8, 4) is 0 Å². The van der Waals surface area contributed by atoms with Crippen molar-refractivity contribution in [2.45, 2.75) is 90.1 Å². The van der Waals surface area contributed by atoms with Crippen LogP contribution in [0.25, 0.3) is 0 Å². The van der Waals surface area contributed by atoms with Crippen molar-refractivity contribution in [2.24, 2.45) is 0 Å². The van der Waals surface area contributed by atoms with Crippen LogP contribution in [0.2, 0.25) is 0 Å². The molecule has 0 aliphatic carbocycles. The highest BCUT2D eigenvalue weighted by Crippen LogP contribution is 2.44. The summed E-state index contributed by atoms with van der Waals surface area (Å²) in [5, 5.41) is 12.9. The van der Waals surface area contributed by atoms with Crippen LogP contribution < -0.4 is 11.0 Å². The van der Waals surface area contributed by atoms with E-state index in [9.17, 15) is 29.3 Å². The van der Waals surface area contributed by atoms with Gasteiger partial charge in [-0.2, -0.15) is 13.8 Å². The highest BCUT2D eigenvalue weighted by molar-refractivity contribution is 7.15. The normalized spacial score (nSPS) is 20.1. The third-order valence-electron chi connectivity index (χ3n) is 5.51. The zero-order valence-electron chi connectivity index (χ0n) is 25.2. The Hall–Kier alpha value is -4.39. The number of hydrogen-bond donors (Lipinski definition) is 1. The number of nitro groups is 1. The molecule has 3 heterocycles. The Labute approximate surface area is 258 Å². The Morgan fingerprint density at radius 2 is 1.76 bits per heavy atom. The molecule has 2 aromatic rings. The molecule has 2 aromatic heterocycles. The topological polar surface area (TPSA) is 197 Å². The van der Waals surface area contributed by atoms with Crippen molar-refractivity contribution in [3.05, 3.63) is 49.9 Å². The van der Waals surface area contributed by atoms with Crippen LogP contribution in [0.3, 0.4) is 0 Å². The van der Waals surface area contributed by atoms with Crippen LogP contribution >= 0.6 is 11.3 Å². The Morgan fingerprint density at radius 1 is 1.13 bits per heavy atom. The number of nitrogens with one attached hydrogen (secondary N) is 1. The molecule has 3 rings (SSSR count). The van der Waals surface area contributed by atoms with Crippen molar-refractivity contribution < 1.29 is 56.5 Å². The van der Waals surface area contributed by atoms with Crippen molar-refractivity contribution >= 4 is 40.6 Å². The first kappa shape index (κ1) is 35.1. The molecule has 248 valence electrons. The van der Waals surface area contributed by atoms with E-state index in [1.54, 1.807) is 20.8 Å². The summed E-state index contributed by atoms with van der Waals surface area (Å²) in [6, 6.07) is 3.65. The van der Waals surface area contributed by atoms with Crippen LogP contribution in [0, 0.1) is 10.1 Å². The van der Waals surface area contributed by atoms with E-state index < -0.39 is 77.3 Å². The molecule has 1 fully saturated rings. The second-order valence-corrected chi connectivity index (χ2v) is 12.7. The lowest BCUT2D eigenvalue weighted by Crippen LogP contribution is -2.45. The van der Waals surface area contributed by atoms with Crippen molar-refractivity contribution in [1.82, 2.24) is 9.55 Å². The first-order valence-electron chi connectivity index (χ1n) is 13.3. The average molecular weight is 663 g/mol. The summed E-state index contributed by atoms with van der Waals surface area (Å²) in [4.78, 5) is 63.7. The van der Waals surface area contributed by atoms with Gasteiger partial charge in [-0.05, 0) is 60.6 Å². The molecule has 0 aromatic carbocycles. The molecule has 19 heteroatoms. The number of carbonyl (C=O) groups is 3. The number of anilines is 1. The second kappa shape index (κ2) is 13.3. The van der Waals surface area contributed by atoms with Crippen molar-refractivity contribution in [1.29, 1.82) is 0 Å². The van der Waals surface area contributed by atoms with E-state index >= 15 is 8.78 Å². The Morgan fingerprint density at radius 3 is 2.31 bits per heavy atom. The smallest absolute Gasteiger partial charge is 0.441 e. The van der Waals surface area contributed by atoms with Gasteiger partial charge in [-0.15, -0.1) is 0 Å². The lowest BCUT2D eigenvalue weighted by atomic mass is 10.1. The van der Waals surface area contributed by atoms with Gasteiger partial charge in [-0.3, -0.25) is 20.0 Å². The van der Waals surface area contributed by atoms with Crippen LogP contribution in [-0.2, 0) is 28.4 Å². The van der Waals surface area contributed by atoms with Gasteiger partial charge in [0.25, 0.3) is 0 Å². The number of carbonyl (C=O) groups excluding carboxylic acids is 3. The van der Waals surface area contributed by atoms with Gasteiger partial charge in [-0.25, -0.2) is 19.2 Å². The standard InChI is InChI=1S/C26H32F2N4O12S/c1-13(15-8-9-17(45-15)32(37)38)40-21(34)30-16-10-11-31(20(33)29-16)19-26(27,28)18(42-23(36)44-25(5,6)7)14(41-19)12-39-22(35)43-24(2,3)4/h8-11,13-14,18-19H,12H2,1-7H3,(H,29,30,33,34)/t13?,14-,18-,19-/m1/s1. The number of rotatable bonds is 8. The number of hydrogen-bond acceptors (Lipinski definition) is 14. The first-order chi connectivity index (χ1) is 20.7. The van der Waals surface area contributed by atoms with Crippen molar-refractivity contribution in [2.75, 3.05) is 11.9 Å². The van der Waals surface area contributed by atoms with E-state index in [4.69, 9.17) is 28.4 Å². The number of ether oxygens (including phenoxy) is 6. The van der Waals surface area contributed by atoms with E-state index in [0.29, 0.717) is 9.44 Å². The molecule has 0 spiro atoms. The van der Waals surface area contributed by atoms with Crippen LogP contribution in [0.4, 0.5) is 34.0 Å². The summed E-state index contributed by atoms with van der Waals surface area (Å²) < 4.78 is 62.1. The maximum absolute atomic E-state index is 15.7. The first-order valence-corrected chi connectivity index (χ1v) is 14.1. The summed E-state index contributed by atoms with van der Waals surface area (Å²) >= 11 is 0.797. The van der Waals surface area contributed by atoms with Crippen LogP contribution in [-0.4, -0.2) is 68.8 Å². The second-order valence-electron chi connectivity index (χ2n) is 11.6. The highest BCUT2D eigenvalue weighted by atomic mass is 32.1. The highest BCUT2D eigenvalue weighted by Gasteiger charge is 2.63. The number of alkyl halides is 2. The molecule has 16 nitrogen and oxygen atoms in total. The minimum absolute atomic E-state index is 0.158. The van der Waals surface area contributed by atoms with Crippen molar-refractivity contribution in [3.63, 3.8) is 0 Å². The van der Waals surface area contributed by atoms with Gasteiger partial charge in [-0.1, -0.05) is 11.3 Å². The summed E-state index contributed by atoms with van der Waals surface area (Å²) in [5.41, 5.74) is -3.36. The SMILES string of the molecule is CC(OC(=O)Nc1ccn([C@@H]2O[C@H](COC(=O)OC(C)(C)C)[C@@H](OC(=O)OC(C)(C)C)C2(F)F)c(=O)n1)c1ccc([N+](=O)[O-])s1. The number of nitrogens with zero attached hydrogens (tertiary/aromatic N) is 3. The Bertz CT molecular complexity index is 1480. The fraction of sp³-hybridized carbons (Fsp3) is 0.577. The lowest BCUT2D eigenvalue weighted by Gasteiger charge is -2.26. The molecule has 45 heavy (non-hydrogen) atoms. The summed E-state index contributed by atoms with van der Waals surface area (Å²) in [6.45, 7) is 9.70. The van der Waals surface area contributed by atoms with Gasteiger partial charge < -0.3 is 28.4 Å². The quantitative estimate of drug-likeness (QED) is 0.165. The molecule has 0 saturated carbocycles. The largest absolute Gasteiger partial charge is 0.509 e. The molecule has 4 atom stereocenters. The molecule has 1 unspecified atom stereocenters. The number of thiophene rings is 1. The van der Waals surface area contributed by atoms with Crippen LogP contribution in [0.15, 0.2) is 29.2 Å². The lowest BCUT2D eigenvalue weighted by molar-refractivity contribution is -0.380. The third-order valence-corrected chi connectivity index (χ3v) is 6.71.